The topological polar surface area (TPSA) is 12.0 Å². The van der Waals surface area contributed by atoms with Gasteiger partial charge >= 0.3 is 0 Å². The number of benzene rings is 1. The molecule has 0 aromatic heterocycles. The van der Waals surface area contributed by atoms with Crippen LogP contribution in [0.3, 0.4) is 0 Å². The fourth-order valence-corrected chi connectivity index (χ4v) is 1.43. The van der Waals surface area contributed by atoms with Crippen LogP contribution in [-0.2, 0) is 6.42 Å². The molecule has 1 heteroatoms. The summed E-state index contributed by atoms with van der Waals surface area (Å²) in [6.45, 7) is 9.21. The fourth-order valence-electron chi connectivity index (χ4n) is 1.43. The maximum atomic E-state index is 3.93. The molecule has 0 fully saturated rings. The molecule has 0 saturated heterocycles. The third kappa shape index (κ3) is 4.80. The van der Waals surface area contributed by atoms with E-state index in [4.69, 9.17) is 0 Å². The van der Waals surface area contributed by atoms with Gasteiger partial charge in [-0.1, -0.05) is 42.5 Å². The van der Waals surface area contributed by atoms with Crippen molar-refractivity contribution in [3.63, 3.8) is 0 Å². The number of hydrogen-bond acceptors (Lipinski definition) is 1. The Bertz CT molecular complexity index is 289. The van der Waals surface area contributed by atoms with Gasteiger partial charge in [-0.15, -0.1) is 0 Å². The lowest BCUT2D eigenvalue weighted by Gasteiger charge is -2.13. The highest BCUT2D eigenvalue weighted by atomic mass is 14.9. The van der Waals surface area contributed by atoms with Gasteiger partial charge in [-0.3, -0.25) is 0 Å². The largest absolute Gasteiger partial charge is 0.311 e. The van der Waals surface area contributed by atoms with Gasteiger partial charge in [0.25, 0.3) is 0 Å². The first-order valence-corrected chi connectivity index (χ1v) is 5.63. The van der Waals surface area contributed by atoms with E-state index in [9.17, 15) is 0 Å². The highest BCUT2D eigenvalue weighted by Crippen LogP contribution is 2.02. The Morgan fingerprint density at radius 3 is 2.60 bits per heavy atom. The normalized spacial score (nSPS) is 12.4. The van der Waals surface area contributed by atoms with Crippen LogP contribution < -0.4 is 5.32 Å². The van der Waals surface area contributed by atoms with Crippen LogP contribution in [-0.4, -0.2) is 12.6 Å². The van der Waals surface area contributed by atoms with E-state index in [1.54, 1.807) is 0 Å². The Labute approximate surface area is 93.2 Å². The van der Waals surface area contributed by atoms with Crippen LogP contribution in [0.5, 0.6) is 0 Å². The Morgan fingerprint density at radius 1 is 1.33 bits per heavy atom. The van der Waals surface area contributed by atoms with Gasteiger partial charge in [-0.2, -0.15) is 0 Å². The summed E-state index contributed by atoms with van der Waals surface area (Å²) in [6.07, 6.45) is 2.33. The molecule has 1 rings (SSSR count). The van der Waals surface area contributed by atoms with E-state index in [0.29, 0.717) is 6.04 Å². The Hall–Kier alpha value is -1.08. The summed E-state index contributed by atoms with van der Waals surface area (Å²) < 4.78 is 0. The highest BCUT2D eigenvalue weighted by molar-refractivity contribution is 5.14. The second kappa shape index (κ2) is 6.41. The van der Waals surface area contributed by atoms with Crippen LogP contribution in [0, 0.1) is 0 Å². The first-order valence-electron chi connectivity index (χ1n) is 5.63. The van der Waals surface area contributed by atoms with Crippen molar-refractivity contribution in [1.82, 2.24) is 5.32 Å². The van der Waals surface area contributed by atoms with Crippen LogP contribution in [0.1, 0.15) is 25.8 Å². The summed E-state index contributed by atoms with van der Waals surface area (Å²) in [6, 6.07) is 11.1. The van der Waals surface area contributed by atoms with E-state index in [1.807, 2.05) is 0 Å². The molecule has 1 atom stereocenters. The van der Waals surface area contributed by atoms with Crippen molar-refractivity contribution in [2.75, 3.05) is 6.54 Å². The molecule has 0 saturated carbocycles. The zero-order valence-electron chi connectivity index (χ0n) is 9.79. The van der Waals surface area contributed by atoms with E-state index >= 15 is 0 Å². The average Bonchev–Trinajstić information content (AvgIpc) is 2.25. The molecule has 0 radical (unpaired) electrons. The third-order valence-electron chi connectivity index (χ3n) is 2.67. The zero-order valence-corrected chi connectivity index (χ0v) is 9.79. The predicted octanol–water partition coefficient (Wildman–Crippen LogP) is 3.17. The van der Waals surface area contributed by atoms with Crippen molar-refractivity contribution in [3.05, 3.63) is 48.0 Å². The van der Waals surface area contributed by atoms with Crippen LogP contribution in [0.2, 0.25) is 0 Å². The third-order valence-corrected chi connectivity index (χ3v) is 2.67. The van der Waals surface area contributed by atoms with Crippen LogP contribution in [0.4, 0.5) is 0 Å². The summed E-state index contributed by atoms with van der Waals surface area (Å²) in [5.74, 6) is 0. The molecule has 0 aliphatic heterocycles. The maximum Gasteiger partial charge on any atom is 0.0245 e. The first kappa shape index (κ1) is 12.0. The standard InChI is InChI=1S/C14H21N/c1-12(2)13(3)15-11-7-10-14-8-5-4-6-9-14/h4-6,8-9,13,15H,1,7,10-11H2,2-3H3. The van der Waals surface area contributed by atoms with Gasteiger partial charge in [-0.05, 0) is 38.8 Å². The molecule has 0 spiro atoms. The minimum atomic E-state index is 0.431. The second-order valence-corrected chi connectivity index (χ2v) is 4.11. The number of hydrogen-bond donors (Lipinski definition) is 1. The van der Waals surface area contributed by atoms with Crippen LogP contribution in [0.15, 0.2) is 42.5 Å². The number of rotatable bonds is 6. The van der Waals surface area contributed by atoms with E-state index in [2.05, 4.69) is 56.1 Å². The number of aryl methyl sites for hydroxylation is 1. The molecule has 0 bridgehead atoms. The van der Waals surface area contributed by atoms with E-state index in [1.165, 1.54) is 17.6 Å². The lowest BCUT2D eigenvalue weighted by Crippen LogP contribution is -2.27. The lowest BCUT2D eigenvalue weighted by atomic mass is 10.1. The van der Waals surface area contributed by atoms with Gasteiger partial charge in [0.1, 0.15) is 0 Å². The molecule has 1 aromatic carbocycles. The Balaban J connectivity index is 2.15. The molecule has 15 heavy (non-hydrogen) atoms. The van der Waals surface area contributed by atoms with E-state index < -0.39 is 0 Å². The molecular formula is C14H21N. The van der Waals surface area contributed by atoms with Crippen molar-refractivity contribution in [2.24, 2.45) is 0 Å². The molecule has 0 heterocycles. The molecule has 1 aromatic rings. The quantitative estimate of drug-likeness (QED) is 0.553. The van der Waals surface area contributed by atoms with E-state index in [-0.39, 0.29) is 0 Å². The van der Waals surface area contributed by atoms with Gasteiger partial charge < -0.3 is 5.32 Å². The predicted molar refractivity (Wildman–Crippen MR) is 67.0 cm³/mol. The van der Waals surface area contributed by atoms with Gasteiger partial charge in [-0.25, -0.2) is 0 Å². The van der Waals surface area contributed by atoms with Crippen molar-refractivity contribution < 1.29 is 0 Å². The number of nitrogens with one attached hydrogen (secondary N) is 1. The lowest BCUT2D eigenvalue weighted by molar-refractivity contribution is 0.588. The summed E-state index contributed by atoms with van der Waals surface area (Å²) >= 11 is 0. The smallest absolute Gasteiger partial charge is 0.0245 e. The molecule has 82 valence electrons. The summed E-state index contributed by atoms with van der Waals surface area (Å²) in [5, 5.41) is 3.45. The zero-order chi connectivity index (χ0) is 11.1. The van der Waals surface area contributed by atoms with E-state index in [0.717, 1.165) is 13.0 Å². The minimum absolute atomic E-state index is 0.431. The van der Waals surface area contributed by atoms with Crippen molar-refractivity contribution >= 4 is 0 Å². The molecule has 0 amide bonds. The Morgan fingerprint density at radius 2 is 2.00 bits per heavy atom. The minimum Gasteiger partial charge on any atom is -0.311 e. The van der Waals surface area contributed by atoms with Crippen LogP contribution >= 0.6 is 0 Å². The SMILES string of the molecule is C=C(C)C(C)NCCCc1ccccc1. The maximum absolute atomic E-state index is 3.93. The van der Waals surface area contributed by atoms with Gasteiger partial charge in [0, 0.05) is 6.04 Å². The molecule has 1 unspecified atom stereocenters. The fraction of sp³-hybridized carbons (Fsp3) is 0.429. The van der Waals surface area contributed by atoms with Crippen molar-refractivity contribution in [1.29, 1.82) is 0 Å². The first-order chi connectivity index (χ1) is 7.20. The molecular weight excluding hydrogens is 182 g/mol. The van der Waals surface area contributed by atoms with Gasteiger partial charge in [0.2, 0.25) is 0 Å². The molecule has 1 N–H and O–H groups in total. The van der Waals surface area contributed by atoms with Gasteiger partial charge in [0.15, 0.2) is 0 Å². The highest BCUT2D eigenvalue weighted by Gasteiger charge is 1.99. The van der Waals surface area contributed by atoms with Crippen molar-refractivity contribution in [3.8, 4) is 0 Å². The van der Waals surface area contributed by atoms with Gasteiger partial charge in [0.05, 0.1) is 0 Å². The molecule has 0 aliphatic carbocycles. The molecule has 1 nitrogen and oxygen atoms in total. The second-order valence-electron chi connectivity index (χ2n) is 4.11. The summed E-state index contributed by atoms with van der Waals surface area (Å²) in [5.41, 5.74) is 2.62. The monoisotopic (exact) mass is 203 g/mol. The summed E-state index contributed by atoms with van der Waals surface area (Å²) in [7, 11) is 0. The summed E-state index contributed by atoms with van der Waals surface area (Å²) in [4.78, 5) is 0. The average molecular weight is 203 g/mol. The van der Waals surface area contributed by atoms with Crippen molar-refractivity contribution in [2.45, 2.75) is 32.7 Å². The van der Waals surface area contributed by atoms with Crippen LogP contribution in [0.25, 0.3) is 0 Å². The molecule has 0 aliphatic rings. The Kier molecular flexibility index (Phi) is 5.13.